The van der Waals surface area contributed by atoms with E-state index in [4.69, 9.17) is 11.6 Å². The van der Waals surface area contributed by atoms with Crippen molar-refractivity contribution in [2.75, 3.05) is 19.0 Å². The first kappa shape index (κ1) is 13.9. The molecule has 0 atom stereocenters. The Balaban J connectivity index is 1.71. The Morgan fingerprint density at radius 2 is 1.78 bits per heavy atom. The molecule has 0 unspecified atom stereocenters. The van der Waals surface area contributed by atoms with Crippen molar-refractivity contribution < 1.29 is 0 Å². The van der Waals surface area contributed by atoms with Crippen LogP contribution in [-0.4, -0.2) is 19.0 Å². The van der Waals surface area contributed by atoms with Gasteiger partial charge in [-0.1, -0.05) is 49.6 Å². The fourth-order valence-electron chi connectivity index (χ4n) is 2.89. The molecule has 0 bridgehead atoms. The van der Waals surface area contributed by atoms with Crippen molar-refractivity contribution in [1.29, 1.82) is 0 Å². The predicted octanol–water partition coefficient (Wildman–Crippen LogP) is 4.01. The van der Waals surface area contributed by atoms with Gasteiger partial charge in [-0.25, -0.2) is 0 Å². The second kappa shape index (κ2) is 7.16. The summed E-state index contributed by atoms with van der Waals surface area (Å²) in [6.45, 7) is 2.14. The standard InChI is InChI=1S/C16H24ClN/c17-13-16(10-5-2-6-11-16)14-18-12-9-15-7-3-1-4-8-15/h1,3-4,7-8,18H,2,5-6,9-14H2. The Kier molecular flexibility index (Phi) is 5.52. The minimum Gasteiger partial charge on any atom is -0.316 e. The van der Waals surface area contributed by atoms with E-state index in [1.807, 2.05) is 0 Å². The first-order chi connectivity index (χ1) is 8.85. The number of rotatable bonds is 6. The van der Waals surface area contributed by atoms with Gasteiger partial charge < -0.3 is 5.32 Å². The Morgan fingerprint density at radius 1 is 1.06 bits per heavy atom. The van der Waals surface area contributed by atoms with Crippen molar-refractivity contribution in [2.24, 2.45) is 5.41 Å². The zero-order valence-corrected chi connectivity index (χ0v) is 11.9. The van der Waals surface area contributed by atoms with E-state index in [0.717, 1.165) is 25.4 Å². The van der Waals surface area contributed by atoms with Crippen LogP contribution in [0.3, 0.4) is 0 Å². The van der Waals surface area contributed by atoms with Crippen LogP contribution < -0.4 is 5.32 Å². The number of halogens is 1. The van der Waals surface area contributed by atoms with Crippen molar-refractivity contribution in [3.05, 3.63) is 35.9 Å². The molecule has 18 heavy (non-hydrogen) atoms. The maximum atomic E-state index is 6.19. The van der Waals surface area contributed by atoms with Crippen molar-refractivity contribution in [3.8, 4) is 0 Å². The smallest absolute Gasteiger partial charge is 0.0292 e. The molecule has 1 fully saturated rings. The van der Waals surface area contributed by atoms with Crippen LogP contribution in [0.4, 0.5) is 0 Å². The molecule has 0 radical (unpaired) electrons. The summed E-state index contributed by atoms with van der Waals surface area (Å²) in [6.07, 6.45) is 7.81. The van der Waals surface area contributed by atoms with Crippen molar-refractivity contribution in [3.63, 3.8) is 0 Å². The topological polar surface area (TPSA) is 12.0 Å². The Hall–Kier alpha value is -0.530. The van der Waals surface area contributed by atoms with Crippen LogP contribution in [0.2, 0.25) is 0 Å². The van der Waals surface area contributed by atoms with Gasteiger partial charge in [-0.2, -0.15) is 0 Å². The molecule has 1 aromatic rings. The van der Waals surface area contributed by atoms with Gasteiger partial charge in [0.25, 0.3) is 0 Å². The van der Waals surface area contributed by atoms with E-state index in [2.05, 4.69) is 35.6 Å². The molecule has 0 saturated heterocycles. The first-order valence-corrected chi connectivity index (χ1v) is 7.69. The summed E-state index contributed by atoms with van der Waals surface area (Å²) in [7, 11) is 0. The zero-order chi connectivity index (χ0) is 12.7. The average molecular weight is 266 g/mol. The lowest BCUT2D eigenvalue weighted by atomic mass is 9.75. The summed E-state index contributed by atoms with van der Waals surface area (Å²) in [5.74, 6) is 0.811. The van der Waals surface area contributed by atoms with Crippen molar-refractivity contribution >= 4 is 11.6 Å². The summed E-state index contributed by atoms with van der Waals surface area (Å²) < 4.78 is 0. The van der Waals surface area contributed by atoms with Gasteiger partial charge in [0.2, 0.25) is 0 Å². The summed E-state index contributed by atoms with van der Waals surface area (Å²) >= 11 is 6.19. The number of benzene rings is 1. The number of hydrogen-bond acceptors (Lipinski definition) is 1. The third kappa shape index (κ3) is 4.00. The fourth-order valence-corrected chi connectivity index (χ4v) is 3.25. The van der Waals surface area contributed by atoms with Gasteiger partial charge in [-0.15, -0.1) is 11.6 Å². The minimum absolute atomic E-state index is 0.372. The number of alkyl halides is 1. The second-order valence-corrected chi connectivity index (χ2v) is 5.87. The third-order valence-electron chi connectivity index (χ3n) is 4.13. The molecule has 1 N–H and O–H groups in total. The molecule has 0 amide bonds. The molecule has 100 valence electrons. The quantitative estimate of drug-likeness (QED) is 0.605. The molecule has 1 nitrogen and oxygen atoms in total. The van der Waals surface area contributed by atoms with E-state index in [1.165, 1.54) is 37.7 Å². The highest BCUT2D eigenvalue weighted by molar-refractivity contribution is 6.18. The van der Waals surface area contributed by atoms with E-state index in [9.17, 15) is 0 Å². The molecule has 1 aliphatic rings. The SMILES string of the molecule is ClCC1(CNCCc2ccccc2)CCCCC1. The lowest BCUT2D eigenvalue weighted by Gasteiger charge is -2.35. The van der Waals surface area contributed by atoms with E-state index in [-0.39, 0.29) is 0 Å². The van der Waals surface area contributed by atoms with Crippen molar-refractivity contribution in [1.82, 2.24) is 5.32 Å². The van der Waals surface area contributed by atoms with Gasteiger partial charge >= 0.3 is 0 Å². The number of nitrogens with one attached hydrogen (secondary N) is 1. The highest BCUT2D eigenvalue weighted by Gasteiger charge is 2.30. The van der Waals surface area contributed by atoms with Crippen molar-refractivity contribution in [2.45, 2.75) is 38.5 Å². The van der Waals surface area contributed by atoms with E-state index in [0.29, 0.717) is 5.41 Å². The highest BCUT2D eigenvalue weighted by Crippen LogP contribution is 2.36. The maximum absolute atomic E-state index is 6.19. The monoisotopic (exact) mass is 265 g/mol. The summed E-state index contributed by atoms with van der Waals surface area (Å²) in [4.78, 5) is 0. The summed E-state index contributed by atoms with van der Waals surface area (Å²) in [5, 5.41) is 3.61. The number of hydrogen-bond donors (Lipinski definition) is 1. The predicted molar refractivity (Wildman–Crippen MR) is 79.3 cm³/mol. The molecule has 1 saturated carbocycles. The van der Waals surface area contributed by atoms with Gasteiger partial charge in [0.05, 0.1) is 0 Å². The van der Waals surface area contributed by atoms with Crippen LogP contribution in [0.15, 0.2) is 30.3 Å². The summed E-state index contributed by atoms with van der Waals surface area (Å²) in [5.41, 5.74) is 1.78. The Bertz CT molecular complexity index is 330. The Labute approximate surface area is 116 Å². The molecule has 1 aliphatic carbocycles. The molecule has 1 aromatic carbocycles. The van der Waals surface area contributed by atoms with Gasteiger partial charge in [0.1, 0.15) is 0 Å². The normalized spacial score (nSPS) is 18.7. The molecular formula is C16H24ClN. The minimum atomic E-state index is 0.372. The third-order valence-corrected chi connectivity index (χ3v) is 4.70. The van der Waals surface area contributed by atoms with Crippen LogP contribution in [0.5, 0.6) is 0 Å². The van der Waals surface area contributed by atoms with E-state index >= 15 is 0 Å². The average Bonchev–Trinajstić information content (AvgIpc) is 2.46. The van der Waals surface area contributed by atoms with Gasteiger partial charge in [-0.05, 0) is 36.8 Å². The van der Waals surface area contributed by atoms with Gasteiger partial charge in [0.15, 0.2) is 0 Å². The largest absolute Gasteiger partial charge is 0.316 e. The van der Waals surface area contributed by atoms with E-state index < -0.39 is 0 Å². The first-order valence-electron chi connectivity index (χ1n) is 7.15. The van der Waals surface area contributed by atoms with Crippen LogP contribution in [0.25, 0.3) is 0 Å². The molecule has 2 heteroatoms. The lowest BCUT2D eigenvalue weighted by Crippen LogP contribution is -2.38. The molecule has 0 heterocycles. The molecule has 0 spiro atoms. The lowest BCUT2D eigenvalue weighted by molar-refractivity contribution is 0.213. The van der Waals surface area contributed by atoms with Crippen LogP contribution in [0, 0.1) is 5.41 Å². The fraction of sp³-hybridized carbons (Fsp3) is 0.625. The van der Waals surface area contributed by atoms with Gasteiger partial charge in [-0.3, -0.25) is 0 Å². The van der Waals surface area contributed by atoms with Gasteiger partial charge in [0, 0.05) is 12.4 Å². The van der Waals surface area contributed by atoms with Crippen LogP contribution >= 0.6 is 11.6 Å². The molecule has 2 rings (SSSR count). The van der Waals surface area contributed by atoms with Crippen LogP contribution in [-0.2, 0) is 6.42 Å². The summed E-state index contributed by atoms with van der Waals surface area (Å²) in [6, 6.07) is 10.7. The molecule has 0 aliphatic heterocycles. The highest BCUT2D eigenvalue weighted by atomic mass is 35.5. The second-order valence-electron chi connectivity index (χ2n) is 5.61. The molecular weight excluding hydrogens is 242 g/mol. The van der Waals surface area contributed by atoms with Crippen LogP contribution in [0.1, 0.15) is 37.7 Å². The zero-order valence-electron chi connectivity index (χ0n) is 11.1. The maximum Gasteiger partial charge on any atom is 0.0292 e. The molecule has 0 aromatic heterocycles. The Morgan fingerprint density at radius 3 is 2.44 bits per heavy atom. The van der Waals surface area contributed by atoms with E-state index in [1.54, 1.807) is 0 Å².